The van der Waals surface area contributed by atoms with Crippen molar-refractivity contribution in [2.45, 2.75) is 52.1 Å². The predicted molar refractivity (Wildman–Crippen MR) is 61.9 cm³/mol. The zero-order valence-electron chi connectivity index (χ0n) is 10.2. The number of amides is 1. The number of carbonyl (C=O) groups excluding carboxylic acids is 1. The van der Waals surface area contributed by atoms with Gasteiger partial charge in [-0.3, -0.25) is 4.79 Å². The van der Waals surface area contributed by atoms with Gasteiger partial charge < -0.3 is 16.2 Å². The van der Waals surface area contributed by atoms with Gasteiger partial charge in [0, 0.05) is 0 Å². The average Bonchev–Trinajstić information content (AvgIpc) is 2.25. The minimum Gasteiger partial charge on any atom is -0.480 e. The van der Waals surface area contributed by atoms with E-state index >= 15 is 0 Å². The molecule has 0 saturated heterocycles. The molecule has 0 rings (SSSR count). The highest BCUT2D eigenvalue weighted by molar-refractivity contribution is 5.86. The molecule has 0 aliphatic carbocycles. The Labute approximate surface area is 96.4 Å². The highest BCUT2D eigenvalue weighted by Gasteiger charge is 2.24. The molecule has 0 aliphatic rings. The second-order valence-electron chi connectivity index (χ2n) is 4.10. The summed E-state index contributed by atoms with van der Waals surface area (Å²) >= 11 is 0. The summed E-state index contributed by atoms with van der Waals surface area (Å²) in [6.45, 7) is 5.69. The summed E-state index contributed by atoms with van der Waals surface area (Å²) in [6, 6.07) is -1.46. The second-order valence-corrected chi connectivity index (χ2v) is 4.10. The van der Waals surface area contributed by atoms with Gasteiger partial charge in [0.1, 0.15) is 6.04 Å². The molecule has 0 aromatic heterocycles. The Bertz CT molecular complexity index is 243. The van der Waals surface area contributed by atoms with Crippen molar-refractivity contribution in [3.8, 4) is 0 Å². The maximum atomic E-state index is 11.6. The van der Waals surface area contributed by atoms with Crippen LogP contribution in [-0.2, 0) is 9.59 Å². The molecule has 5 heteroatoms. The number of aliphatic carboxylic acids is 1. The number of carboxylic acid groups (broad SMARTS) is 1. The number of hydrogen-bond donors (Lipinski definition) is 3. The molecule has 0 radical (unpaired) electrons. The van der Waals surface area contributed by atoms with E-state index in [-0.39, 0.29) is 11.8 Å². The van der Waals surface area contributed by atoms with Crippen LogP contribution in [0.25, 0.3) is 0 Å². The van der Waals surface area contributed by atoms with E-state index in [1.165, 1.54) is 0 Å². The van der Waals surface area contributed by atoms with Crippen LogP contribution in [-0.4, -0.2) is 29.1 Å². The van der Waals surface area contributed by atoms with Gasteiger partial charge in [-0.2, -0.15) is 0 Å². The largest absolute Gasteiger partial charge is 0.480 e. The normalized spacial score (nSPS) is 16.2. The van der Waals surface area contributed by atoms with Crippen LogP contribution in [0, 0.1) is 5.92 Å². The standard InChI is InChI=1S/C11H22N2O3/c1-4-6-8(11(15)16)13-10(14)9(12)7(3)5-2/h7-9H,4-6,12H2,1-3H3,(H,13,14)(H,15,16)/t7?,8-,9-/m0/s1. The van der Waals surface area contributed by atoms with Gasteiger partial charge >= 0.3 is 5.97 Å². The van der Waals surface area contributed by atoms with Crippen LogP contribution in [0.3, 0.4) is 0 Å². The third-order valence-corrected chi connectivity index (χ3v) is 2.75. The first kappa shape index (κ1) is 14.9. The van der Waals surface area contributed by atoms with Gasteiger partial charge in [0.05, 0.1) is 6.04 Å². The van der Waals surface area contributed by atoms with E-state index in [1.807, 2.05) is 20.8 Å². The lowest BCUT2D eigenvalue weighted by molar-refractivity contribution is -0.142. The van der Waals surface area contributed by atoms with Crippen molar-refractivity contribution in [3.63, 3.8) is 0 Å². The highest BCUT2D eigenvalue weighted by Crippen LogP contribution is 2.06. The van der Waals surface area contributed by atoms with E-state index in [4.69, 9.17) is 10.8 Å². The molecule has 16 heavy (non-hydrogen) atoms. The van der Waals surface area contributed by atoms with E-state index in [0.717, 1.165) is 6.42 Å². The van der Waals surface area contributed by atoms with Crippen molar-refractivity contribution in [1.29, 1.82) is 0 Å². The van der Waals surface area contributed by atoms with Gasteiger partial charge in [0.15, 0.2) is 0 Å². The zero-order valence-corrected chi connectivity index (χ0v) is 10.2. The summed E-state index contributed by atoms with van der Waals surface area (Å²) in [5, 5.41) is 11.3. The summed E-state index contributed by atoms with van der Waals surface area (Å²) in [4.78, 5) is 22.5. The maximum Gasteiger partial charge on any atom is 0.326 e. The lowest BCUT2D eigenvalue weighted by atomic mass is 9.99. The van der Waals surface area contributed by atoms with E-state index in [2.05, 4.69) is 5.32 Å². The fourth-order valence-corrected chi connectivity index (χ4v) is 1.33. The van der Waals surface area contributed by atoms with Gasteiger partial charge in [-0.25, -0.2) is 4.79 Å². The number of rotatable bonds is 7. The van der Waals surface area contributed by atoms with Gasteiger partial charge in [-0.1, -0.05) is 33.6 Å². The van der Waals surface area contributed by atoms with Crippen molar-refractivity contribution in [2.75, 3.05) is 0 Å². The van der Waals surface area contributed by atoms with E-state index in [1.54, 1.807) is 0 Å². The fraction of sp³-hybridized carbons (Fsp3) is 0.818. The Balaban J connectivity index is 4.34. The van der Waals surface area contributed by atoms with E-state index < -0.39 is 18.1 Å². The average molecular weight is 230 g/mol. The van der Waals surface area contributed by atoms with Crippen LogP contribution in [0.2, 0.25) is 0 Å². The second kappa shape index (κ2) is 7.22. The summed E-state index contributed by atoms with van der Waals surface area (Å²) in [7, 11) is 0. The van der Waals surface area contributed by atoms with Crippen LogP contribution in [0.5, 0.6) is 0 Å². The Kier molecular flexibility index (Phi) is 6.72. The SMILES string of the molecule is CCC[C@H](NC(=O)[C@@H](N)C(C)CC)C(=O)O. The molecular weight excluding hydrogens is 208 g/mol. The molecule has 0 aromatic carbocycles. The lowest BCUT2D eigenvalue weighted by Gasteiger charge is -2.20. The molecule has 0 aromatic rings. The molecule has 1 amide bonds. The molecule has 0 heterocycles. The summed E-state index contributed by atoms with van der Waals surface area (Å²) < 4.78 is 0. The van der Waals surface area contributed by atoms with Crippen molar-refractivity contribution in [3.05, 3.63) is 0 Å². The molecular formula is C11H22N2O3. The van der Waals surface area contributed by atoms with Gasteiger partial charge in [0.25, 0.3) is 0 Å². The predicted octanol–water partition coefficient (Wildman–Crippen LogP) is 0.729. The van der Waals surface area contributed by atoms with E-state index in [9.17, 15) is 9.59 Å². The third-order valence-electron chi connectivity index (χ3n) is 2.75. The Morgan fingerprint density at radius 3 is 2.31 bits per heavy atom. The summed E-state index contributed by atoms with van der Waals surface area (Å²) in [5.41, 5.74) is 5.71. The molecule has 3 atom stereocenters. The number of carbonyl (C=O) groups is 2. The van der Waals surface area contributed by atoms with Crippen LogP contribution >= 0.6 is 0 Å². The highest BCUT2D eigenvalue weighted by atomic mass is 16.4. The molecule has 0 spiro atoms. The van der Waals surface area contributed by atoms with Crippen LogP contribution < -0.4 is 11.1 Å². The number of hydrogen-bond acceptors (Lipinski definition) is 3. The molecule has 0 saturated carbocycles. The molecule has 1 unspecified atom stereocenters. The van der Waals surface area contributed by atoms with Crippen molar-refractivity contribution in [2.24, 2.45) is 11.7 Å². The molecule has 94 valence electrons. The monoisotopic (exact) mass is 230 g/mol. The molecule has 0 bridgehead atoms. The van der Waals surface area contributed by atoms with Crippen molar-refractivity contribution >= 4 is 11.9 Å². The van der Waals surface area contributed by atoms with Crippen LogP contribution in [0.4, 0.5) is 0 Å². The van der Waals surface area contributed by atoms with Crippen molar-refractivity contribution in [1.82, 2.24) is 5.32 Å². The summed E-state index contributed by atoms with van der Waals surface area (Å²) in [6.07, 6.45) is 1.92. The first-order valence-corrected chi connectivity index (χ1v) is 5.72. The lowest BCUT2D eigenvalue weighted by Crippen LogP contribution is -2.50. The quantitative estimate of drug-likeness (QED) is 0.601. The maximum absolute atomic E-state index is 11.6. The topological polar surface area (TPSA) is 92.4 Å². The minimum absolute atomic E-state index is 0.0519. The number of carboxylic acids is 1. The smallest absolute Gasteiger partial charge is 0.326 e. The van der Waals surface area contributed by atoms with Gasteiger partial charge in [-0.15, -0.1) is 0 Å². The molecule has 0 fully saturated rings. The van der Waals surface area contributed by atoms with Crippen LogP contribution in [0.15, 0.2) is 0 Å². The third kappa shape index (κ3) is 4.61. The Hall–Kier alpha value is -1.10. The number of nitrogens with one attached hydrogen (secondary N) is 1. The number of nitrogens with two attached hydrogens (primary N) is 1. The van der Waals surface area contributed by atoms with Crippen molar-refractivity contribution < 1.29 is 14.7 Å². The Morgan fingerprint density at radius 1 is 1.38 bits per heavy atom. The molecule has 5 nitrogen and oxygen atoms in total. The van der Waals surface area contributed by atoms with Gasteiger partial charge in [-0.05, 0) is 12.3 Å². The summed E-state index contributed by atoms with van der Waals surface area (Å²) in [5.74, 6) is -1.34. The van der Waals surface area contributed by atoms with Gasteiger partial charge in [0.2, 0.25) is 5.91 Å². The van der Waals surface area contributed by atoms with E-state index in [0.29, 0.717) is 12.8 Å². The Morgan fingerprint density at radius 2 is 1.94 bits per heavy atom. The van der Waals surface area contributed by atoms with Crippen LogP contribution in [0.1, 0.15) is 40.0 Å². The molecule has 4 N–H and O–H groups in total. The minimum atomic E-state index is -1.01. The first-order chi connectivity index (χ1) is 7.43. The zero-order chi connectivity index (χ0) is 12.7. The first-order valence-electron chi connectivity index (χ1n) is 5.72. The fourth-order valence-electron chi connectivity index (χ4n) is 1.33. The molecule has 0 aliphatic heterocycles.